The molecule has 1 saturated heterocycles. The molecule has 6 nitrogen and oxygen atoms in total. The highest BCUT2D eigenvalue weighted by Crippen LogP contribution is 2.32. The topological polar surface area (TPSA) is 80.8 Å². The average Bonchev–Trinajstić information content (AvgIpc) is 2.54. The quantitative estimate of drug-likeness (QED) is 0.747. The van der Waals surface area contributed by atoms with Crippen molar-refractivity contribution in [1.82, 2.24) is 4.31 Å². The van der Waals surface area contributed by atoms with Crippen molar-refractivity contribution in [1.29, 1.82) is 0 Å². The van der Waals surface area contributed by atoms with Crippen LogP contribution in [0.5, 0.6) is 5.75 Å². The summed E-state index contributed by atoms with van der Waals surface area (Å²) < 4.78 is 57.1. The number of nitrogens with zero attached hydrogens (tertiary/aromatic N) is 1. The number of benzene rings is 1. The minimum absolute atomic E-state index is 0.0639. The number of rotatable bonds is 6. The molecule has 0 radical (unpaired) electrons. The summed E-state index contributed by atoms with van der Waals surface area (Å²) in [6.07, 6.45) is 4.42. The van der Waals surface area contributed by atoms with Crippen molar-refractivity contribution in [3.05, 3.63) is 24.3 Å². The number of sulfonamides is 1. The van der Waals surface area contributed by atoms with Crippen molar-refractivity contribution in [2.45, 2.75) is 54.4 Å². The van der Waals surface area contributed by atoms with Gasteiger partial charge in [0.15, 0.2) is 9.84 Å². The molecule has 0 bridgehead atoms. The second-order valence-electron chi connectivity index (χ2n) is 6.70. The Labute approximate surface area is 150 Å². The van der Waals surface area contributed by atoms with Gasteiger partial charge in [0.05, 0.1) is 22.0 Å². The molecule has 0 unspecified atom stereocenters. The molecule has 3 rings (SSSR count). The van der Waals surface area contributed by atoms with Gasteiger partial charge in [-0.2, -0.15) is 4.31 Å². The van der Waals surface area contributed by atoms with Crippen LogP contribution in [-0.4, -0.2) is 51.3 Å². The van der Waals surface area contributed by atoms with Crippen LogP contribution in [0.2, 0.25) is 0 Å². The molecule has 2 fully saturated rings. The zero-order chi connectivity index (χ0) is 18.1. The lowest BCUT2D eigenvalue weighted by molar-refractivity contribution is 0.306. The van der Waals surface area contributed by atoms with Gasteiger partial charge in [-0.05, 0) is 44.0 Å². The maximum absolute atomic E-state index is 12.7. The van der Waals surface area contributed by atoms with Crippen LogP contribution < -0.4 is 4.74 Å². The van der Waals surface area contributed by atoms with Crippen LogP contribution in [-0.2, 0) is 19.9 Å². The second kappa shape index (κ2) is 7.25. The van der Waals surface area contributed by atoms with Crippen LogP contribution in [0.25, 0.3) is 0 Å². The summed E-state index contributed by atoms with van der Waals surface area (Å²) in [6.45, 7) is 2.50. The monoisotopic (exact) mass is 387 g/mol. The number of ether oxygens (including phenoxy) is 1. The first-order valence-corrected chi connectivity index (χ1v) is 11.9. The third kappa shape index (κ3) is 3.71. The summed E-state index contributed by atoms with van der Waals surface area (Å²) in [5.74, 6) is 0.614. The van der Waals surface area contributed by atoms with Gasteiger partial charge in [-0.25, -0.2) is 16.8 Å². The van der Waals surface area contributed by atoms with Crippen molar-refractivity contribution >= 4 is 19.9 Å². The SMILES string of the molecule is CCOc1ccc(S(=O)(=O)N2CC(S(=O)(=O)C3CCCCC3)C2)cc1. The van der Waals surface area contributed by atoms with Crippen molar-refractivity contribution in [2.75, 3.05) is 19.7 Å². The first kappa shape index (κ1) is 18.7. The Morgan fingerprint density at radius 1 is 0.960 bits per heavy atom. The minimum Gasteiger partial charge on any atom is -0.494 e. The van der Waals surface area contributed by atoms with E-state index >= 15 is 0 Å². The van der Waals surface area contributed by atoms with E-state index in [1.54, 1.807) is 12.1 Å². The molecule has 1 heterocycles. The highest BCUT2D eigenvalue weighted by Gasteiger charge is 2.46. The molecule has 140 valence electrons. The van der Waals surface area contributed by atoms with E-state index in [0.717, 1.165) is 19.3 Å². The van der Waals surface area contributed by atoms with Gasteiger partial charge < -0.3 is 4.74 Å². The normalized spacial score (nSPS) is 21.0. The van der Waals surface area contributed by atoms with Crippen LogP contribution >= 0.6 is 0 Å². The molecule has 0 amide bonds. The van der Waals surface area contributed by atoms with Crippen molar-refractivity contribution in [3.63, 3.8) is 0 Å². The van der Waals surface area contributed by atoms with Crippen LogP contribution in [0.15, 0.2) is 29.2 Å². The molecule has 0 atom stereocenters. The minimum atomic E-state index is -3.64. The molecule has 1 aliphatic carbocycles. The zero-order valence-electron chi connectivity index (χ0n) is 14.4. The molecule has 2 aliphatic rings. The Bertz CT molecular complexity index is 790. The first-order valence-electron chi connectivity index (χ1n) is 8.81. The maximum atomic E-state index is 12.7. The van der Waals surface area contributed by atoms with Crippen LogP contribution in [0.3, 0.4) is 0 Å². The van der Waals surface area contributed by atoms with E-state index in [4.69, 9.17) is 4.74 Å². The molecule has 1 aromatic rings. The van der Waals surface area contributed by atoms with Gasteiger partial charge in [-0.1, -0.05) is 19.3 Å². The lowest BCUT2D eigenvalue weighted by atomic mass is 10.0. The van der Waals surface area contributed by atoms with E-state index in [0.29, 0.717) is 25.2 Å². The molecule has 1 aromatic carbocycles. The predicted octanol–water partition coefficient (Wildman–Crippen LogP) is 2.21. The highest BCUT2D eigenvalue weighted by atomic mass is 32.2. The second-order valence-corrected chi connectivity index (χ2v) is 11.1. The summed E-state index contributed by atoms with van der Waals surface area (Å²) in [7, 11) is -6.89. The summed E-state index contributed by atoms with van der Waals surface area (Å²) in [5.41, 5.74) is 0. The van der Waals surface area contributed by atoms with Crippen LogP contribution in [0.1, 0.15) is 39.0 Å². The summed E-state index contributed by atoms with van der Waals surface area (Å²) in [4.78, 5) is 0.171. The van der Waals surface area contributed by atoms with Crippen molar-refractivity contribution in [2.24, 2.45) is 0 Å². The zero-order valence-corrected chi connectivity index (χ0v) is 16.1. The van der Waals surface area contributed by atoms with Gasteiger partial charge in [0.1, 0.15) is 5.75 Å². The summed E-state index contributed by atoms with van der Waals surface area (Å²) in [6, 6.07) is 6.24. The Hall–Kier alpha value is -1.12. The summed E-state index contributed by atoms with van der Waals surface area (Å²) >= 11 is 0. The highest BCUT2D eigenvalue weighted by molar-refractivity contribution is 7.93. The Morgan fingerprint density at radius 2 is 1.56 bits per heavy atom. The van der Waals surface area contributed by atoms with Gasteiger partial charge in [0, 0.05) is 13.1 Å². The Kier molecular flexibility index (Phi) is 5.41. The molecule has 25 heavy (non-hydrogen) atoms. The fourth-order valence-electron chi connectivity index (χ4n) is 3.49. The smallest absolute Gasteiger partial charge is 0.243 e. The number of sulfone groups is 1. The molecular formula is C17H25NO5S2. The van der Waals surface area contributed by atoms with Crippen LogP contribution in [0.4, 0.5) is 0 Å². The van der Waals surface area contributed by atoms with Crippen LogP contribution in [0, 0.1) is 0 Å². The Morgan fingerprint density at radius 3 is 2.12 bits per heavy atom. The van der Waals surface area contributed by atoms with Gasteiger partial charge in [0.2, 0.25) is 10.0 Å². The predicted molar refractivity (Wildman–Crippen MR) is 96.0 cm³/mol. The summed E-state index contributed by atoms with van der Waals surface area (Å²) in [5, 5.41) is -0.852. The number of hydrogen-bond donors (Lipinski definition) is 0. The molecule has 1 aliphatic heterocycles. The molecule has 0 N–H and O–H groups in total. The van der Waals surface area contributed by atoms with Gasteiger partial charge in [-0.3, -0.25) is 0 Å². The molecule has 0 aromatic heterocycles. The standard InChI is InChI=1S/C17H25NO5S2/c1-2-23-14-8-10-16(11-9-14)25(21,22)18-12-17(13-18)24(19,20)15-6-4-3-5-7-15/h8-11,15,17H,2-7,12-13H2,1H3. The van der Waals surface area contributed by atoms with Gasteiger partial charge in [-0.15, -0.1) is 0 Å². The third-order valence-electron chi connectivity index (χ3n) is 5.07. The maximum Gasteiger partial charge on any atom is 0.243 e. The fraction of sp³-hybridized carbons (Fsp3) is 0.647. The van der Waals surface area contributed by atoms with Gasteiger partial charge >= 0.3 is 0 Å². The fourth-order valence-corrected chi connectivity index (χ4v) is 7.52. The first-order chi connectivity index (χ1) is 11.9. The van der Waals surface area contributed by atoms with E-state index in [9.17, 15) is 16.8 Å². The van der Waals surface area contributed by atoms with E-state index in [1.807, 2.05) is 6.92 Å². The van der Waals surface area contributed by atoms with E-state index in [1.165, 1.54) is 16.4 Å². The van der Waals surface area contributed by atoms with E-state index < -0.39 is 25.1 Å². The van der Waals surface area contributed by atoms with Crippen molar-refractivity contribution in [3.8, 4) is 5.75 Å². The number of hydrogen-bond acceptors (Lipinski definition) is 5. The Balaban J connectivity index is 1.66. The lowest BCUT2D eigenvalue weighted by Gasteiger charge is -2.39. The lowest BCUT2D eigenvalue weighted by Crippen LogP contribution is -2.58. The van der Waals surface area contributed by atoms with E-state index in [-0.39, 0.29) is 23.2 Å². The third-order valence-corrected chi connectivity index (χ3v) is 9.54. The van der Waals surface area contributed by atoms with Gasteiger partial charge in [0.25, 0.3) is 0 Å². The molecule has 0 spiro atoms. The van der Waals surface area contributed by atoms with E-state index in [2.05, 4.69) is 0 Å². The average molecular weight is 388 g/mol. The molecule has 8 heteroatoms. The van der Waals surface area contributed by atoms with Crippen molar-refractivity contribution < 1.29 is 21.6 Å². The molecule has 1 saturated carbocycles. The molecular weight excluding hydrogens is 362 g/mol. The largest absolute Gasteiger partial charge is 0.494 e.